The predicted molar refractivity (Wildman–Crippen MR) is 90.6 cm³/mol. The van der Waals surface area contributed by atoms with Crippen LogP contribution in [0.25, 0.3) is 0 Å². The fourth-order valence-corrected chi connectivity index (χ4v) is 2.77. The topological polar surface area (TPSA) is 21.3 Å². The van der Waals surface area contributed by atoms with E-state index in [1.54, 1.807) is 0 Å². The molecule has 19 heavy (non-hydrogen) atoms. The maximum atomic E-state index is 5.70. The van der Waals surface area contributed by atoms with Crippen molar-refractivity contribution in [2.24, 2.45) is 5.92 Å². The van der Waals surface area contributed by atoms with Crippen LogP contribution in [0.1, 0.15) is 32.8 Å². The number of rotatable bonds is 8. The van der Waals surface area contributed by atoms with Gasteiger partial charge < -0.3 is 10.1 Å². The zero-order valence-electron chi connectivity index (χ0n) is 12.4. The molecule has 0 saturated heterocycles. The minimum Gasteiger partial charge on any atom is -0.380 e. The van der Waals surface area contributed by atoms with E-state index in [1.165, 1.54) is 9.13 Å². The van der Waals surface area contributed by atoms with Crippen LogP contribution >= 0.6 is 22.6 Å². The first-order chi connectivity index (χ1) is 9.08. The van der Waals surface area contributed by atoms with E-state index in [2.05, 4.69) is 72.9 Å². The fraction of sp³-hybridized carbons (Fsp3) is 0.625. The molecule has 1 rings (SSSR count). The Bertz CT molecular complexity index is 350. The van der Waals surface area contributed by atoms with Gasteiger partial charge in [0, 0.05) is 16.7 Å². The van der Waals surface area contributed by atoms with E-state index in [4.69, 9.17) is 4.74 Å². The molecule has 0 aliphatic carbocycles. The van der Waals surface area contributed by atoms with E-state index >= 15 is 0 Å². The maximum absolute atomic E-state index is 5.70. The molecule has 2 unspecified atom stereocenters. The molecule has 0 spiro atoms. The van der Waals surface area contributed by atoms with Gasteiger partial charge in [-0.05, 0) is 65.6 Å². The molecule has 1 aromatic rings. The zero-order chi connectivity index (χ0) is 14.3. The quantitative estimate of drug-likeness (QED) is 0.697. The summed E-state index contributed by atoms with van der Waals surface area (Å²) in [6.45, 7) is 7.69. The van der Waals surface area contributed by atoms with Crippen LogP contribution in [-0.2, 0) is 11.2 Å². The van der Waals surface area contributed by atoms with Crippen LogP contribution in [0.15, 0.2) is 24.3 Å². The third kappa shape index (κ3) is 5.79. The second kappa shape index (κ2) is 8.93. The Morgan fingerprint density at radius 2 is 1.84 bits per heavy atom. The van der Waals surface area contributed by atoms with Crippen molar-refractivity contribution >= 4 is 22.6 Å². The molecular weight excluding hydrogens is 349 g/mol. The first kappa shape index (κ1) is 16.9. The highest BCUT2D eigenvalue weighted by molar-refractivity contribution is 14.1. The number of hydrogen-bond donors (Lipinski definition) is 1. The third-order valence-electron chi connectivity index (χ3n) is 3.35. The van der Waals surface area contributed by atoms with Crippen molar-refractivity contribution in [2.45, 2.75) is 45.8 Å². The van der Waals surface area contributed by atoms with Gasteiger partial charge in [0.05, 0.1) is 6.10 Å². The summed E-state index contributed by atoms with van der Waals surface area (Å²) in [6, 6.07) is 9.16. The van der Waals surface area contributed by atoms with E-state index in [0.29, 0.717) is 12.0 Å². The molecule has 3 heteroatoms. The van der Waals surface area contributed by atoms with Crippen molar-refractivity contribution in [1.82, 2.24) is 5.32 Å². The predicted octanol–water partition coefficient (Wildman–Crippen LogP) is 3.87. The minimum absolute atomic E-state index is 0.255. The van der Waals surface area contributed by atoms with Crippen LogP contribution in [-0.4, -0.2) is 25.8 Å². The number of halogens is 1. The van der Waals surface area contributed by atoms with Crippen LogP contribution < -0.4 is 5.32 Å². The average molecular weight is 375 g/mol. The molecule has 1 N–H and O–H groups in total. The highest BCUT2D eigenvalue weighted by Gasteiger charge is 2.23. The molecule has 0 bridgehead atoms. The van der Waals surface area contributed by atoms with Gasteiger partial charge >= 0.3 is 0 Å². The lowest BCUT2D eigenvalue weighted by molar-refractivity contribution is 0.0332. The van der Waals surface area contributed by atoms with Gasteiger partial charge in [0.25, 0.3) is 0 Å². The largest absolute Gasteiger partial charge is 0.380 e. The lowest BCUT2D eigenvalue weighted by atomic mass is 9.93. The van der Waals surface area contributed by atoms with Crippen LogP contribution in [0.5, 0.6) is 0 Å². The smallest absolute Gasteiger partial charge is 0.0750 e. The summed E-state index contributed by atoms with van der Waals surface area (Å²) in [6.07, 6.45) is 2.43. The molecule has 108 valence electrons. The Morgan fingerprint density at radius 3 is 2.32 bits per heavy atom. The molecule has 0 radical (unpaired) electrons. The van der Waals surface area contributed by atoms with Gasteiger partial charge in [-0.3, -0.25) is 0 Å². The van der Waals surface area contributed by atoms with Crippen molar-refractivity contribution in [3.63, 3.8) is 0 Å². The summed E-state index contributed by atoms with van der Waals surface area (Å²) in [5, 5.41) is 3.64. The Labute approximate surface area is 131 Å². The van der Waals surface area contributed by atoms with Crippen LogP contribution in [0.4, 0.5) is 0 Å². The van der Waals surface area contributed by atoms with Crippen LogP contribution in [0.2, 0.25) is 0 Å². The number of hydrogen-bond acceptors (Lipinski definition) is 2. The molecule has 0 aliphatic heterocycles. The molecule has 0 fully saturated rings. The molecule has 0 heterocycles. The summed E-state index contributed by atoms with van der Waals surface area (Å²) >= 11 is 2.34. The second-order valence-corrected chi connectivity index (χ2v) is 6.58. The van der Waals surface area contributed by atoms with Gasteiger partial charge in [-0.2, -0.15) is 0 Å². The molecule has 0 aliphatic rings. The van der Waals surface area contributed by atoms with E-state index in [9.17, 15) is 0 Å². The maximum Gasteiger partial charge on any atom is 0.0750 e. The van der Waals surface area contributed by atoms with Crippen molar-refractivity contribution in [2.75, 3.05) is 13.7 Å². The summed E-state index contributed by atoms with van der Waals surface area (Å²) in [7, 11) is 1.82. The highest BCUT2D eigenvalue weighted by atomic mass is 127. The SMILES string of the molecule is CCCNC(Cc1ccc(I)cc1)C(OC)C(C)C. The Kier molecular flexibility index (Phi) is 7.95. The van der Waals surface area contributed by atoms with E-state index < -0.39 is 0 Å². The second-order valence-electron chi connectivity index (χ2n) is 5.34. The van der Waals surface area contributed by atoms with Crippen molar-refractivity contribution in [3.8, 4) is 0 Å². The molecule has 0 aromatic heterocycles. The van der Waals surface area contributed by atoms with Crippen molar-refractivity contribution < 1.29 is 4.74 Å². The minimum atomic E-state index is 0.255. The first-order valence-corrected chi connectivity index (χ1v) is 8.17. The third-order valence-corrected chi connectivity index (χ3v) is 4.07. The Hall–Kier alpha value is -0.130. The van der Waals surface area contributed by atoms with Gasteiger partial charge in [0.15, 0.2) is 0 Å². The van der Waals surface area contributed by atoms with Gasteiger partial charge in [-0.25, -0.2) is 0 Å². The molecule has 1 aromatic carbocycles. The molecule has 2 atom stereocenters. The average Bonchev–Trinajstić information content (AvgIpc) is 2.38. The van der Waals surface area contributed by atoms with Gasteiger partial charge in [-0.15, -0.1) is 0 Å². The van der Waals surface area contributed by atoms with Crippen LogP contribution in [0.3, 0.4) is 0 Å². The van der Waals surface area contributed by atoms with Gasteiger partial charge in [-0.1, -0.05) is 32.9 Å². The highest BCUT2D eigenvalue weighted by Crippen LogP contribution is 2.16. The Morgan fingerprint density at radius 1 is 1.21 bits per heavy atom. The van der Waals surface area contributed by atoms with Gasteiger partial charge in [0.2, 0.25) is 0 Å². The summed E-state index contributed by atoms with van der Waals surface area (Å²) < 4.78 is 6.99. The van der Waals surface area contributed by atoms with E-state index in [1.807, 2.05) is 7.11 Å². The molecule has 0 amide bonds. The number of nitrogens with one attached hydrogen (secondary N) is 1. The van der Waals surface area contributed by atoms with Crippen LogP contribution in [0, 0.1) is 9.49 Å². The number of methoxy groups -OCH3 is 1. The fourth-order valence-electron chi connectivity index (χ4n) is 2.41. The molecule has 0 saturated carbocycles. The summed E-state index contributed by atoms with van der Waals surface area (Å²) in [5.41, 5.74) is 1.37. The summed E-state index contributed by atoms with van der Waals surface area (Å²) in [5.74, 6) is 0.517. The number of ether oxygens (including phenoxy) is 1. The van der Waals surface area contributed by atoms with E-state index in [0.717, 1.165) is 19.4 Å². The van der Waals surface area contributed by atoms with Gasteiger partial charge in [0.1, 0.15) is 0 Å². The number of benzene rings is 1. The monoisotopic (exact) mass is 375 g/mol. The lowest BCUT2D eigenvalue weighted by Crippen LogP contribution is -2.45. The van der Waals surface area contributed by atoms with E-state index in [-0.39, 0.29) is 6.10 Å². The van der Waals surface area contributed by atoms with Crippen molar-refractivity contribution in [1.29, 1.82) is 0 Å². The molecular formula is C16H26INO. The zero-order valence-corrected chi connectivity index (χ0v) is 14.6. The standard InChI is InChI=1S/C16H26INO/c1-5-10-18-15(16(19-4)12(2)3)11-13-6-8-14(17)9-7-13/h6-9,12,15-16,18H,5,10-11H2,1-4H3. The molecule has 2 nitrogen and oxygen atoms in total. The lowest BCUT2D eigenvalue weighted by Gasteiger charge is -2.30. The summed E-state index contributed by atoms with van der Waals surface area (Å²) in [4.78, 5) is 0. The van der Waals surface area contributed by atoms with Crippen molar-refractivity contribution in [3.05, 3.63) is 33.4 Å². The Balaban J connectivity index is 2.75. The normalized spacial score (nSPS) is 14.6. The first-order valence-electron chi connectivity index (χ1n) is 7.09.